The number of carbonyl (C=O) groups is 2. The van der Waals surface area contributed by atoms with Gasteiger partial charge in [0.2, 0.25) is 0 Å². The van der Waals surface area contributed by atoms with Gasteiger partial charge in [0.25, 0.3) is 0 Å². The van der Waals surface area contributed by atoms with Crippen LogP contribution in [-0.4, -0.2) is 46.9 Å². The molecule has 8 nitrogen and oxygen atoms in total. The molecule has 2 atom stereocenters. The molecule has 0 spiro atoms. The third kappa shape index (κ3) is 6.40. The molecule has 0 unspecified atom stereocenters. The number of hydrogen-bond donors (Lipinski definition) is 2. The summed E-state index contributed by atoms with van der Waals surface area (Å²) in [6.07, 6.45) is 1.73. The number of carboxylic acid groups (broad SMARTS) is 1. The molecule has 2 aromatic carbocycles. The molecule has 30 heavy (non-hydrogen) atoms. The average molecular weight is 411 g/mol. The molecule has 2 aromatic rings. The highest BCUT2D eigenvalue weighted by Gasteiger charge is 2.37. The van der Waals surface area contributed by atoms with Crippen LogP contribution in [0.25, 0.3) is 0 Å². The summed E-state index contributed by atoms with van der Waals surface area (Å²) in [6, 6.07) is 18.2. The molecule has 1 amide bonds. The van der Waals surface area contributed by atoms with Crippen molar-refractivity contribution in [3.63, 3.8) is 0 Å². The van der Waals surface area contributed by atoms with E-state index in [4.69, 9.17) is 9.68 Å². The predicted octanol–water partition coefficient (Wildman–Crippen LogP) is 2.99. The first-order valence-corrected chi connectivity index (χ1v) is 9.81. The monoisotopic (exact) mass is 411 g/mol. The Kier molecular flexibility index (Phi) is 7.94. The zero-order chi connectivity index (χ0) is 21.2. The van der Waals surface area contributed by atoms with Crippen LogP contribution >= 0.6 is 0 Å². The summed E-state index contributed by atoms with van der Waals surface area (Å²) >= 11 is 0. The van der Waals surface area contributed by atoms with Crippen molar-refractivity contribution >= 4 is 18.3 Å². The summed E-state index contributed by atoms with van der Waals surface area (Å²) in [5.41, 5.74) is 4.94. The van der Waals surface area contributed by atoms with Crippen LogP contribution in [0.4, 0.5) is 4.79 Å². The van der Waals surface area contributed by atoms with Crippen molar-refractivity contribution in [2.75, 3.05) is 6.54 Å². The molecular weight excluding hydrogens is 386 g/mol. The van der Waals surface area contributed by atoms with Gasteiger partial charge in [0.05, 0.1) is 12.6 Å². The summed E-state index contributed by atoms with van der Waals surface area (Å²) in [5.74, 6) is -0.676. The maximum Gasteiger partial charge on any atom is 0.408 e. The second kappa shape index (κ2) is 11.1. The van der Waals surface area contributed by atoms with E-state index >= 15 is 0 Å². The Morgan fingerprint density at radius 3 is 2.40 bits per heavy atom. The van der Waals surface area contributed by atoms with Crippen LogP contribution in [0.1, 0.15) is 24.0 Å². The largest absolute Gasteiger partial charge is 0.465 e. The second-order valence-electron chi connectivity index (χ2n) is 7.01. The molecule has 0 aromatic heterocycles. The van der Waals surface area contributed by atoms with E-state index in [1.807, 2.05) is 60.7 Å². The van der Waals surface area contributed by atoms with E-state index in [1.165, 1.54) is 6.21 Å². The Balaban J connectivity index is 1.46. The lowest BCUT2D eigenvalue weighted by atomic mass is 9.99. The molecule has 0 radical (unpaired) electrons. The standard InChI is InChI=1S/C22H25N3O5/c26-21(30-23-14-13-17-7-3-1-4-8-17)20-12-11-19(15-25(20)22(27)28)24-29-16-18-9-5-2-6-10-18/h1-10,14,19-20,24H,11-13,15-16H2,(H,27,28)/t19-,20+/m1/s1. The molecule has 158 valence electrons. The summed E-state index contributed by atoms with van der Waals surface area (Å²) in [5, 5.41) is 13.2. The normalized spacial score (nSPS) is 19.0. The van der Waals surface area contributed by atoms with Crippen LogP contribution < -0.4 is 5.48 Å². The van der Waals surface area contributed by atoms with Gasteiger partial charge in [-0.3, -0.25) is 9.74 Å². The maximum absolute atomic E-state index is 12.3. The number of amides is 1. The van der Waals surface area contributed by atoms with E-state index in [0.717, 1.165) is 16.0 Å². The van der Waals surface area contributed by atoms with Gasteiger partial charge in [-0.15, -0.1) is 0 Å². The SMILES string of the molecule is O=C(ON=CCc1ccccc1)[C@@H]1CC[C@@H](NOCc2ccccc2)CN1C(=O)O. The summed E-state index contributed by atoms with van der Waals surface area (Å²) in [6.45, 7) is 0.490. The smallest absolute Gasteiger partial charge is 0.408 e. The van der Waals surface area contributed by atoms with Crippen molar-refractivity contribution in [3.8, 4) is 0 Å². The van der Waals surface area contributed by atoms with Crippen LogP contribution in [0.15, 0.2) is 65.8 Å². The molecule has 1 heterocycles. The number of piperidine rings is 1. The van der Waals surface area contributed by atoms with Crippen LogP contribution in [0.2, 0.25) is 0 Å². The highest BCUT2D eigenvalue weighted by atomic mass is 16.7. The first-order chi connectivity index (χ1) is 14.6. The molecule has 0 aliphatic carbocycles. The lowest BCUT2D eigenvalue weighted by molar-refractivity contribution is -0.151. The highest BCUT2D eigenvalue weighted by Crippen LogP contribution is 2.19. The van der Waals surface area contributed by atoms with E-state index < -0.39 is 18.1 Å². The number of nitrogens with zero attached hydrogens (tertiary/aromatic N) is 2. The molecular formula is C22H25N3O5. The highest BCUT2D eigenvalue weighted by molar-refractivity contribution is 5.81. The Morgan fingerprint density at radius 2 is 1.73 bits per heavy atom. The number of nitrogens with one attached hydrogen (secondary N) is 1. The third-order valence-electron chi connectivity index (χ3n) is 4.82. The van der Waals surface area contributed by atoms with Crippen molar-refractivity contribution in [1.29, 1.82) is 0 Å². The molecule has 1 aliphatic rings. The molecule has 1 fully saturated rings. The number of carbonyl (C=O) groups excluding carboxylic acids is 1. The van der Waals surface area contributed by atoms with Crippen LogP contribution in [0.3, 0.4) is 0 Å². The molecule has 2 N–H and O–H groups in total. The van der Waals surface area contributed by atoms with Crippen molar-refractivity contribution in [2.45, 2.75) is 38.0 Å². The first kappa shape index (κ1) is 21.5. The summed E-state index contributed by atoms with van der Waals surface area (Å²) < 4.78 is 0. The average Bonchev–Trinajstić information content (AvgIpc) is 2.78. The first-order valence-electron chi connectivity index (χ1n) is 9.81. The number of hydroxylamine groups is 1. The van der Waals surface area contributed by atoms with Gasteiger partial charge in [-0.25, -0.2) is 9.59 Å². The van der Waals surface area contributed by atoms with Crippen molar-refractivity contribution in [3.05, 3.63) is 71.8 Å². The van der Waals surface area contributed by atoms with E-state index in [1.54, 1.807) is 0 Å². The number of oxime groups is 1. The van der Waals surface area contributed by atoms with Gasteiger partial charge in [0, 0.05) is 19.2 Å². The number of benzene rings is 2. The quantitative estimate of drug-likeness (QED) is 0.394. The molecule has 0 bridgehead atoms. The van der Waals surface area contributed by atoms with Gasteiger partial charge >= 0.3 is 12.1 Å². The maximum atomic E-state index is 12.3. The van der Waals surface area contributed by atoms with Crippen molar-refractivity contribution in [1.82, 2.24) is 10.4 Å². The Labute approximate surface area is 175 Å². The zero-order valence-electron chi connectivity index (χ0n) is 16.5. The fourth-order valence-corrected chi connectivity index (χ4v) is 3.25. The lowest BCUT2D eigenvalue weighted by Gasteiger charge is -2.35. The van der Waals surface area contributed by atoms with Crippen molar-refractivity contribution in [2.24, 2.45) is 5.16 Å². The summed E-state index contributed by atoms with van der Waals surface area (Å²) in [7, 11) is 0. The van der Waals surface area contributed by atoms with Gasteiger partial charge in [-0.2, -0.15) is 5.48 Å². The molecule has 8 heteroatoms. The minimum absolute atomic E-state index is 0.123. The fraction of sp³-hybridized carbons (Fsp3) is 0.318. The number of rotatable bonds is 8. The van der Waals surface area contributed by atoms with Gasteiger partial charge in [-0.05, 0) is 24.0 Å². The minimum atomic E-state index is -1.18. The molecule has 1 saturated heterocycles. The third-order valence-corrected chi connectivity index (χ3v) is 4.82. The fourth-order valence-electron chi connectivity index (χ4n) is 3.25. The van der Waals surface area contributed by atoms with E-state index in [9.17, 15) is 14.7 Å². The topological polar surface area (TPSA) is 100 Å². The van der Waals surface area contributed by atoms with E-state index in [-0.39, 0.29) is 12.6 Å². The molecule has 0 saturated carbocycles. The van der Waals surface area contributed by atoms with E-state index in [0.29, 0.717) is 25.9 Å². The zero-order valence-corrected chi connectivity index (χ0v) is 16.5. The van der Waals surface area contributed by atoms with Crippen LogP contribution in [0.5, 0.6) is 0 Å². The van der Waals surface area contributed by atoms with Gasteiger partial charge in [-0.1, -0.05) is 65.8 Å². The minimum Gasteiger partial charge on any atom is -0.465 e. The predicted molar refractivity (Wildman–Crippen MR) is 111 cm³/mol. The van der Waals surface area contributed by atoms with E-state index in [2.05, 4.69) is 10.6 Å². The Hall–Kier alpha value is -3.23. The number of hydrogen-bond acceptors (Lipinski definition) is 6. The molecule has 1 aliphatic heterocycles. The van der Waals surface area contributed by atoms with Crippen molar-refractivity contribution < 1.29 is 24.4 Å². The van der Waals surface area contributed by atoms with Crippen LogP contribution in [-0.2, 0) is 27.5 Å². The van der Waals surface area contributed by atoms with Gasteiger partial charge in [0.15, 0.2) is 0 Å². The number of likely N-dealkylation sites (tertiary alicyclic amines) is 1. The summed E-state index contributed by atoms with van der Waals surface area (Å²) in [4.78, 5) is 35.5. The Bertz CT molecular complexity index is 844. The van der Waals surface area contributed by atoms with Gasteiger partial charge in [0.1, 0.15) is 6.04 Å². The lowest BCUT2D eigenvalue weighted by Crippen LogP contribution is -2.55. The van der Waals surface area contributed by atoms with Crippen LogP contribution in [0, 0.1) is 0 Å². The van der Waals surface area contributed by atoms with Gasteiger partial charge < -0.3 is 9.94 Å². The second-order valence-corrected chi connectivity index (χ2v) is 7.01. The molecule has 3 rings (SSSR count). The Morgan fingerprint density at radius 1 is 1.07 bits per heavy atom.